The van der Waals surface area contributed by atoms with Gasteiger partial charge in [0.2, 0.25) is 5.91 Å². The zero-order valence-corrected chi connectivity index (χ0v) is 12.4. The minimum absolute atomic E-state index is 0.102. The summed E-state index contributed by atoms with van der Waals surface area (Å²) < 4.78 is 0.882. The molecule has 1 unspecified atom stereocenters. The zero-order valence-electron chi connectivity index (χ0n) is 11.6. The zero-order chi connectivity index (χ0) is 15.0. The summed E-state index contributed by atoms with van der Waals surface area (Å²) in [6, 6.07) is 3.28. The molecule has 0 spiro atoms. The molecule has 0 saturated carbocycles. The number of hydrogen-bond donors (Lipinski definition) is 2. The fraction of sp³-hybridized carbons (Fsp3) is 0.357. The molecule has 2 aromatic heterocycles. The summed E-state index contributed by atoms with van der Waals surface area (Å²) in [5, 5.41) is 2.79. The van der Waals surface area contributed by atoms with Crippen LogP contribution in [0.2, 0.25) is 0 Å². The average Bonchev–Trinajstić information content (AvgIpc) is 2.84. The van der Waals surface area contributed by atoms with Crippen molar-refractivity contribution in [3.8, 4) is 0 Å². The number of carbonyl (C=O) groups is 2. The maximum absolute atomic E-state index is 12.8. The molecule has 1 fully saturated rings. The molecule has 3 N–H and O–H groups in total. The van der Waals surface area contributed by atoms with E-state index in [9.17, 15) is 9.59 Å². The van der Waals surface area contributed by atoms with Crippen molar-refractivity contribution in [2.24, 2.45) is 0 Å². The first-order valence-corrected chi connectivity index (χ1v) is 7.66. The van der Waals surface area contributed by atoms with Gasteiger partial charge in [-0.2, -0.15) is 0 Å². The summed E-state index contributed by atoms with van der Waals surface area (Å²) >= 11 is 1.33. The summed E-state index contributed by atoms with van der Waals surface area (Å²) in [4.78, 5) is 30.9. The van der Waals surface area contributed by atoms with Crippen LogP contribution in [0.3, 0.4) is 0 Å². The maximum atomic E-state index is 12.8. The van der Waals surface area contributed by atoms with Gasteiger partial charge in [-0.3, -0.25) is 14.6 Å². The Kier molecular flexibility index (Phi) is 3.50. The lowest BCUT2D eigenvalue weighted by Crippen LogP contribution is -2.56. The Hall–Kier alpha value is -2.15. The van der Waals surface area contributed by atoms with Gasteiger partial charge in [0, 0.05) is 19.3 Å². The number of aromatic nitrogens is 1. The normalized spacial score (nSPS) is 18.8. The number of nitrogen functional groups attached to an aromatic ring is 1. The third kappa shape index (κ3) is 2.23. The second-order valence-electron chi connectivity index (χ2n) is 4.91. The number of carbonyl (C=O) groups excluding carboxylic acids is 2. The molecule has 2 amide bonds. The van der Waals surface area contributed by atoms with Gasteiger partial charge in [-0.25, -0.2) is 0 Å². The van der Waals surface area contributed by atoms with Gasteiger partial charge in [0.25, 0.3) is 5.91 Å². The summed E-state index contributed by atoms with van der Waals surface area (Å²) in [5.41, 5.74) is 7.13. The van der Waals surface area contributed by atoms with Crippen molar-refractivity contribution >= 4 is 39.1 Å². The van der Waals surface area contributed by atoms with Crippen LogP contribution < -0.4 is 11.1 Å². The Morgan fingerprint density at radius 3 is 3.14 bits per heavy atom. The number of anilines is 1. The van der Waals surface area contributed by atoms with Gasteiger partial charge in [0.05, 0.1) is 10.4 Å². The number of thiophene rings is 1. The maximum Gasteiger partial charge on any atom is 0.266 e. The molecule has 6 nitrogen and oxygen atoms in total. The molecule has 21 heavy (non-hydrogen) atoms. The summed E-state index contributed by atoms with van der Waals surface area (Å²) in [5.74, 6) is -0.285. The van der Waals surface area contributed by atoms with Gasteiger partial charge in [0.15, 0.2) is 0 Å². The first-order valence-electron chi connectivity index (χ1n) is 6.85. The molecule has 1 atom stereocenters. The van der Waals surface area contributed by atoms with E-state index in [0.29, 0.717) is 35.6 Å². The molecule has 0 radical (unpaired) electrons. The second-order valence-corrected chi connectivity index (χ2v) is 5.96. The SMILES string of the molecule is CCC1C(=O)NCCN1C(=O)c1sc2cccnc2c1N. The van der Waals surface area contributed by atoms with E-state index in [0.717, 1.165) is 4.70 Å². The van der Waals surface area contributed by atoms with E-state index in [-0.39, 0.29) is 11.8 Å². The van der Waals surface area contributed by atoms with Crippen LogP contribution in [0.15, 0.2) is 18.3 Å². The molecule has 1 aliphatic heterocycles. The number of nitrogens with zero attached hydrogens (tertiary/aromatic N) is 2. The van der Waals surface area contributed by atoms with Crippen molar-refractivity contribution in [1.29, 1.82) is 0 Å². The number of rotatable bonds is 2. The van der Waals surface area contributed by atoms with E-state index in [1.807, 2.05) is 19.1 Å². The Balaban J connectivity index is 1.99. The highest BCUT2D eigenvalue weighted by molar-refractivity contribution is 7.21. The predicted molar refractivity (Wildman–Crippen MR) is 82.2 cm³/mol. The Labute approximate surface area is 125 Å². The standard InChI is InChI=1S/C14H16N4O2S/c1-2-8-13(19)17-6-7-18(8)14(20)12-10(15)11-9(21-12)4-3-5-16-11/h3-5,8H,2,6-7,15H2,1H3,(H,17,19). The highest BCUT2D eigenvalue weighted by Gasteiger charge is 2.33. The van der Waals surface area contributed by atoms with Crippen LogP contribution in [0.1, 0.15) is 23.0 Å². The number of nitrogens with two attached hydrogens (primary N) is 1. The van der Waals surface area contributed by atoms with Crippen molar-refractivity contribution in [3.05, 3.63) is 23.2 Å². The fourth-order valence-corrected chi connectivity index (χ4v) is 3.64. The lowest BCUT2D eigenvalue weighted by atomic mass is 10.1. The molecule has 3 heterocycles. The van der Waals surface area contributed by atoms with Crippen LogP contribution in [-0.2, 0) is 4.79 Å². The topological polar surface area (TPSA) is 88.3 Å². The molecular weight excluding hydrogens is 288 g/mol. The van der Waals surface area contributed by atoms with E-state index < -0.39 is 6.04 Å². The van der Waals surface area contributed by atoms with Crippen molar-refractivity contribution in [1.82, 2.24) is 15.2 Å². The quantitative estimate of drug-likeness (QED) is 0.873. The van der Waals surface area contributed by atoms with Crippen molar-refractivity contribution in [2.75, 3.05) is 18.8 Å². The van der Waals surface area contributed by atoms with Gasteiger partial charge in [0.1, 0.15) is 16.4 Å². The van der Waals surface area contributed by atoms with Crippen LogP contribution in [0.5, 0.6) is 0 Å². The highest BCUT2D eigenvalue weighted by Crippen LogP contribution is 2.33. The van der Waals surface area contributed by atoms with Crippen LogP contribution in [-0.4, -0.2) is 40.8 Å². The van der Waals surface area contributed by atoms with Crippen LogP contribution in [0.4, 0.5) is 5.69 Å². The van der Waals surface area contributed by atoms with E-state index in [2.05, 4.69) is 10.3 Å². The molecule has 1 saturated heterocycles. The first kappa shape index (κ1) is 13.8. The predicted octanol–water partition coefficient (Wildman–Crippen LogP) is 1.23. The van der Waals surface area contributed by atoms with Crippen LogP contribution in [0.25, 0.3) is 10.2 Å². The van der Waals surface area contributed by atoms with Gasteiger partial charge in [-0.15, -0.1) is 11.3 Å². The van der Waals surface area contributed by atoms with Gasteiger partial charge < -0.3 is 16.0 Å². The van der Waals surface area contributed by atoms with E-state index in [1.54, 1.807) is 11.1 Å². The molecular formula is C14H16N4O2S. The summed E-state index contributed by atoms with van der Waals surface area (Å²) in [6.07, 6.45) is 2.24. The molecule has 110 valence electrons. The molecule has 3 rings (SSSR count). The minimum atomic E-state index is -0.427. The summed E-state index contributed by atoms with van der Waals surface area (Å²) in [7, 11) is 0. The Morgan fingerprint density at radius 2 is 2.43 bits per heavy atom. The number of amides is 2. The van der Waals surface area contributed by atoms with E-state index >= 15 is 0 Å². The summed E-state index contributed by atoms with van der Waals surface area (Å²) in [6.45, 7) is 2.87. The number of piperazine rings is 1. The second kappa shape index (κ2) is 5.33. The molecule has 2 aromatic rings. The monoisotopic (exact) mass is 304 g/mol. The van der Waals surface area contributed by atoms with Crippen LogP contribution >= 0.6 is 11.3 Å². The van der Waals surface area contributed by atoms with E-state index in [4.69, 9.17) is 5.73 Å². The largest absolute Gasteiger partial charge is 0.396 e. The van der Waals surface area contributed by atoms with E-state index in [1.165, 1.54) is 11.3 Å². The van der Waals surface area contributed by atoms with Crippen LogP contribution in [0, 0.1) is 0 Å². The molecule has 1 aliphatic rings. The average molecular weight is 304 g/mol. The number of pyridine rings is 1. The smallest absolute Gasteiger partial charge is 0.266 e. The lowest BCUT2D eigenvalue weighted by Gasteiger charge is -2.34. The molecule has 7 heteroatoms. The molecule has 0 aromatic carbocycles. The molecule has 0 aliphatic carbocycles. The van der Waals surface area contributed by atoms with Gasteiger partial charge in [-0.05, 0) is 18.6 Å². The van der Waals surface area contributed by atoms with Crippen molar-refractivity contribution in [2.45, 2.75) is 19.4 Å². The van der Waals surface area contributed by atoms with Gasteiger partial charge in [-0.1, -0.05) is 6.92 Å². The van der Waals surface area contributed by atoms with Crippen molar-refractivity contribution in [3.63, 3.8) is 0 Å². The number of hydrogen-bond acceptors (Lipinski definition) is 5. The number of nitrogens with one attached hydrogen (secondary N) is 1. The molecule has 0 bridgehead atoms. The fourth-order valence-electron chi connectivity index (χ4n) is 2.60. The lowest BCUT2D eigenvalue weighted by molar-refractivity contribution is -0.127. The van der Waals surface area contributed by atoms with Gasteiger partial charge >= 0.3 is 0 Å². The highest BCUT2D eigenvalue weighted by atomic mass is 32.1. The minimum Gasteiger partial charge on any atom is -0.396 e. The van der Waals surface area contributed by atoms with Crippen molar-refractivity contribution < 1.29 is 9.59 Å². The third-order valence-electron chi connectivity index (χ3n) is 3.66. The Bertz CT molecular complexity index is 712. The third-order valence-corrected chi connectivity index (χ3v) is 4.80. The Morgan fingerprint density at radius 1 is 1.62 bits per heavy atom. The number of fused-ring (bicyclic) bond motifs is 1. The first-order chi connectivity index (χ1) is 10.1.